The summed E-state index contributed by atoms with van der Waals surface area (Å²) in [6.07, 6.45) is 3.08. The van der Waals surface area contributed by atoms with Gasteiger partial charge in [0.2, 0.25) is 5.79 Å². The monoisotopic (exact) mass is 324 g/mol. The summed E-state index contributed by atoms with van der Waals surface area (Å²) in [5.74, 6) is 0.0241. The van der Waals surface area contributed by atoms with Gasteiger partial charge in [-0.3, -0.25) is 4.99 Å². The van der Waals surface area contributed by atoms with Crippen LogP contribution in [0.25, 0.3) is 0 Å². The zero-order valence-corrected chi connectivity index (χ0v) is 14.2. The molecule has 6 heteroatoms. The molecule has 0 bridgehead atoms. The van der Waals surface area contributed by atoms with Crippen molar-refractivity contribution in [3.05, 3.63) is 29.8 Å². The molecule has 0 aliphatic carbocycles. The number of methoxy groups -OCH3 is 1. The third kappa shape index (κ3) is 4.15. The molecule has 5 nitrogen and oxygen atoms in total. The molecule has 1 aromatic carbocycles. The number of ether oxygens (including phenoxy) is 3. The number of hydrogen-bond donors (Lipinski definition) is 1. The Balaban J connectivity index is 2.15. The highest BCUT2D eigenvalue weighted by Crippen LogP contribution is 2.33. The molecule has 1 saturated heterocycles. The van der Waals surface area contributed by atoms with Gasteiger partial charge in [-0.25, -0.2) is 0 Å². The van der Waals surface area contributed by atoms with Crippen LogP contribution in [0.2, 0.25) is 0 Å². The van der Waals surface area contributed by atoms with Crippen LogP contribution in [0.15, 0.2) is 29.3 Å². The Kier molecular flexibility index (Phi) is 6.54. The van der Waals surface area contributed by atoms with Crippen LogP contribution in [0.1, 0.15) is 18.9 Å². The summed E-state index contributed by atoms with van der Waals surface area (Å²) in [5.41, 5.74) is 0.963. The highest BCUT2D eigenvalue weighted by atomic mass is 32.2. The van der Waals surface area contributed by atoms with Crippen LogP contribution in [0.3, 0.4) is 0 Å². The molecule has 122 valence electrons. The summed E-state index contributed by atoms with van der Waals surface area (Å²) in [7, 11) is 1.65. The van der Waals surface area contributed by atoms with E-state index in [1.807, 2.05) is 30.5 Å². The van der Waals surface area contributed by atoms with Crippen molar-refractivity contribution in [1.82, 2.24) is 5.32 Å². The van der Waals surface area contributed by atoms with Gasteiger partial charge in [0.15, 0.2) is 5.17 Å². The Morgan fingerprint density at radius 1 is 1.32 bits per heavy atom. The van der Waals surface area contributed by atoms with E-state index in [2.05, 4.69) is 17.2 Å². The van der Waals surface area contributed by atoms with Crippen molar-refractivity contribution < 1.29 is 14.2 Å². The first-order chi connectivity index (χ1) is 10.7. The second-order valence-corrected chi connectivity index (χ2v) is 5.73. The predicted molar refractivity (Wildman–Crippen MR) is 90.7 cm³/mol. The first kappa shape index (κ1) is 17.1. The molecule has 0 saturated carbocycles. The molecule has 1 heterocycles. The third-order valence-corrected chi connectivity index (χ3v) is 4.09. The number of nitrogens with one attached hydrogen (secondary N) is 1. The van der Waals surface area contributed by atoms with Crippen LogP contribution in [0.4, 0.5) is 0 Å². The molecule has 0 aromatic heterocycles. The van der Waals surface area contributed by atoms with Crippen molar-refractivity contribution in [2.75, 3.05) is 39.7 Å². The highest BCUT2D eigenvalue weighted by Gasteiger charge is 2.38. The van der Waals surface area contributed by atoms with Crippen molar-refractivity contribution in [3.63, 3.8) is 0 Å². The van der Waals surface area contributed by atoms with Crippen molar-refractivity contribution in [1.29, 1.82) is 0 Å². The highest BCUT2D eigenvalue weighted by molar-refractivity contribution is 8.13. The Labute approximate surface area is 136 Å². The van der Waals surface area contributed by atoms with Crippen LogP contribution in [-0.4, -0.2) is 44.8 Å². The molecule has 1 aliphatic heterocycles. The van der Waals surface area contributed by atoms with Gasteiger partial charge in [-0.15, -0.1) is 0 Å². The van der Waals surface area contributed by atoms with Gasteiger partial charge in [0.1, 0.15) is 12.3 Å². The van der Waals surface area contributed by atoms with Crippen LogP contribution in [0, 0.1) is 0 Å². The standard InChI is InChI=1S/C16H24N2O3S/c1-4-9-17-15(22-3)18-12-16(20-10-11-21-16)13-5-7-14(19-2)8-6-13/h5-8H,4,9-12H2,1-3H3,(H,17,18). The summed E-state index contributed by atoms with van der Waals surface area (Å²) < 4.78 is 17.0. The van der Waals surface area contributed by atoms with E-state index >= 15 is 0 Å². The largest absolute Gasteiger partial charge is 0.497 e. The summed E-state index contributed by atoms with van der Waals surface area (Å²) >= 11 is 1.60. The maximum absolute atomic E-state index is 5.89. The fourth-order valence-electron chi connectivity index (χ4n) is 2.25. The third-order valence-electron chi connectivity index (χ3n) is 3.43. The van der Waals surface area contributed by atoms with Crippen molar-refractivity contribution in [2.45, 2.75) is 19.1 Å². The van der Waals surface area contributed by atoms with Crippen molar-refractivity contribution in [3.8, 4) is 5.75 Å². The average Bonchev–Trinajstić information content (AvgIpc) is 3.05. The molecule has 0 atom stereocenters. The summed E-state index contributed by atoms with van der Waals surface area (Å²) in [5, 5.41) is 4.22. The minimum absolute atomic E-state index is 0.437. The van der Waals surface area contributed by atoms with E-state index in [4.69, 9.17) is 14.2 Å². The van der Waals surface area contributed by atoms with E-state index in [0.717, 1.165) is 29.4 Å². The van der Waals surface area contributed by atoms with Crippen LogP contribution in [-0.2, 0) is 15.3 Å². The molecule has 22 heavy (non-hydrogen) atoms. The topological polar surface area (TPSA) is 52.1 Å². The van der Waals surface area contributed by atoms with Gasteiger partial charge in [0, 0.05) is 12.1 Å². The number of benzene rings is 1. The van der Waals surface area contributed by atoms with Gasteiger partial charge in [0.25, 0.3) is 0 Å². The lowest BCUT2D eigenvalue weighted by Gasteiger charge is -2.26. The van der Waals surface area contributed by atoms with Gasteiger partial charge in [-0.2, -0.15) is 0 Å². The lowest BCUT2D eigenvalue weighted by Crippen LogP contribution is -2.32. The molecule has 0 radical (unpaired) electrons. The van der Waals surface area contributed by atoms with E-state index < -0.39 is 5.79 Å². The fourth-order valence-corrected chi connectivity index (χ4v) is 2.69. The summed E-state index contributed by atoms with van der Waals surface area (Å²) in [6, 6.07) is 7.77. The zero-order valence-electron chi connectivity index (χ0n) is 13.4. The summed E-state index contributed by atoms with van der Waals surface area (Å²) in [4.78, 5) is 4.64. The Hall–Kier alpha value is -1.24. The number of aliphatic imine (C=N–C) groups is 1. The smallest absolute Gasteiger partial charge is 0.215 e. The minimum atomic E-state index is -0.791. The second kappa shape index (κ2) is 8.41. The van der Waals surface area contributed by atoms with Gasteiger partial charge in [0.05, 0.1) is 20.3 Å². The second-order valence-electron chi connectivity index (χ2n) is 4.93. The van der Waals surface area contributed by atoms with E-state index in [0.29, 0.717) is 19.8 Å². The van der Waals surface area contributed by atoms with E-state index in [1.165, 1.54) is 0 Å². The Bertz CT molecular complexity index is 485. The zero-order chi connectivity index (χ0) is 15.8. The quantitative estimate of drug-likeness (QED) is 0.644. The Morgan fingerprint density at radius 2 is 2.00 bits per heavy atom. The lowest BCUT2D eigenvalue weighted by molar-refractivity contribution is -0.156. The molecule has 1 N–H and O–H groups in total. The van der Waals surface area contributed by atoms with Gasteiger partial charge in [-0.05, 0) is 36.9 Å². The molecular weight excluding hydrogens is 300 g/mol. The van der Waals surface area contributed by atoms with Crippen LogP contribution >= 0.6 is 11.8 Å². The number of amidine groups is 1. The molecule has 1 aliphatic rings. The first-order valence-corrected chi connectivity index (χ1v) is 8.71. The molecule has 0 spiro atoms. The predicted octanol–water partition coefficient (Wildman–Crippen LogP) is 2.61. The molecule has 0 amide bonds. The van der Waals surface area contributed by atoms with E-state index in [9.17, 15) is 0 Å². The molecule has 2 rings (SSSR count). The number of thioether (sulfide) groups is 1. The molecule has 1 fully saturated rings. The minimum Gasteiger partial charge on any atom is -0.497 e. The van der Waals surface area contributed by atoms with Crippen molar-refractivity contribution in [2.24, 2.45) is 4.99 Å². The summed E-state index contributed by atoms with van der Waals surface area (Å²) in [6.45, 7) is 4.65. The maximum atomic E-state index is 5.89. The van der Waals surface area contributed by atoms with Crippen molar-refractivity contribution >= 4 is 16.9 Å². The number of rotatable bonds is 6. The SMILES string of the molecule is CCCNC(=NCC1(c2ccc(OC)cc2)OCCO1)SC. The molecule has 0 unspecified atom stereocenters. The average molecular weight is 324 g/mol. The first-order valence-electron chi connectivity index (χ1n) is 7.49. The normalized spacial score (nSPS) is 17.5. The van der Waals surface area contributed by atoms with E-state index in [1.54, 1.807) is 18.9 Å². The number of hydrogen-bond acceptors (Lipinski definition) is 5. The van der Waals surface area contributed by atoms with E-state index in [-0.39, 0.29) is 0 Å². The lowest BCUT2D eigenvalue weighted by atomic mass is 10.1. The fraction of sp³-hybridized carbons (Fsp3) is 0.562. The van der Waals surface area contributed by atoms with Gasteiger partial charge in [-0.1, -0.05) is 18.7 Å². The Morgan fingerprint density at radius 3 is 2.55 bits per heavy atom. The maximum Gasteiger partial charge on any atom is 0.215 e. The van der Waals surface area contributed by atoms with Crippen LogP contribution < -0.4 is 10.1 Å². The number of nitrogens with zero attached hydrogens (tertiary/aromatic N) is 1. The molecular formula is C16H24N2O3S. The molecule has 1 aromatic rings. The van der Waals surface area contributed by atoms with Gasteiger partial charge < -0.3 is 19.5 Å². The van der Waals surface area contributed by atoms with Crippen LogP contribution in [0.5, 0.6) is 5.75 Å². The van der Waals surface area contributed by atoms with Gasteiger partial charge >= 0.3 is 0 Å².